The van der Waals surface area contributed by atoms with Crippen LogP contribution in [0.4, 0.5) is 0 Å². The van der Waals surface area contributed by atoms with Crippen LogP contribution >= 0.6 is 0 Å². The van der Waals surface area contributed by atoms with Gasteiger partial charge in [0.2, 0.25) is 0 Å². The minimum absolute atomic E-state index is 0.735. The molecule has 1 aromatic heterocycles. The Morgan fingerprint density at radius 1 is 1.00 bits per heavy atom. The van der Waals surface area contributed by atoms with E-state index in [4.69, 9.17) is 4.74 Å². The second-order valence-electron chi connectivity index (χ2n) is 5.44. The molecule has 22 heavy (non-hydrogen) atoms. The molecule has 0 atom stereocenters. The third kappa shape index (κ3) is 3.38. The predicted octanol–water partition coefficient (Wildman–Crippen LogP) is 3.43. The van der Waals surface area contributed by atoms with Crippen molar-refractivity contribution in [1.82, 2.24) is 9.88 Å². The Hall–Kier alpha value is -2.10. The zero-order chi connectivity index (χ0) is 15.2. The van der Waals surface area contributed by atoms with Crippen molar-refractivity contribution in [1.29, 1.82) is 0 Å². The molecule has 0 fully saturated rings. The quantitative estimate of drug-likeness (QED) is 0.676. The lowest BCUT2D eigenvalue weighted by Gasteiger charge is -2.12. The number of fused-ring (bicyclic) bond motifs is 1. The summed E-state index contributed by atoms with van der Waals surface area (Å²) >= 11 is 0. The van der Waals surface area contributed by atoms with Crippen LogP contribution < -0.4 is 5.32 Å². The Morgan fingerprint density at radius 3 is 2.59 bits per heavy atom. The van der Waals surface area contributed by atoms with E-state index in [-0.39, 0.29) is 0 Å². The lowest BCUT2D eigenvalue weighted by Crippen LogP contribution is -2.20. The highest BCUT2D eigenvalue weighted by Gasteiger charge is 2.08. The van der Waals surface area contributed by atoms with Gasteiger partial charge in [-0.2, -0.15) is 0 Å². The zero-order valence-electron chi connectivity index (χ0n) is 13.0. The number of rotatable bonds is 7. The third-order valence-electron chi connectivity index (χ3n) is 3.87. The van der Waals surface area contributed by atoms with Crippen LogP contribution in [0.1, 0.15) is 11.3 Å². The fourth-order valence-corrected chi connectivity index (χ4v) is 2.76. The van der Waals surface area contributed by atoms with E-state index in [1.807, 2.05) is 0 Å². The molecule has 2 aromatic carbocycles. The second kappa shape index (κ2) is 7.25. The molecule has 3 rings (SSSR count). The summed E-state index contributed by atoms with van der Waals surface area (Å²) < 4.78 is 7.49. The van der Waals surface area contributed by atoms with E-state index in [0.717, 1.165) is 26.2 Å². The molecule has 0 amide bonds. The molecule has 3 heteroatoms. The van der Waals surface area contributed by atoms with Gasteiger partial charge in [0.05, 0.1) is 6.61 Å². The van der Waals surface area contributed by atoms with Gasteiger partial charge in [-0.1, -0.05) is 48.5 Å². The van der Waals surface area contributed by atoms with Crippen molar-refractivity contribution in [2.75, 3.05) is 20.3 Å². The van der Waals surface area contributed by atoms with Crippen LogP contribution in [0.25, 0.3) is 10.9 Å². The average molecular weight is 294 g/mol. The molecule has 3 aromatic rings. The van der Waals surface area contributed by atoms with Crippen molar-refractivity contribution < 1.29 is 4.74 Å². The number of hydrogen-bond acceptors (Lipinski definition) is 2. The fourth-order valence-electron chi connectivity index (χ4n) is 2.76. The summed E-state index contributed by atoms with van der Waals surface area (Å²) in [6, 6.07) is 21.4. The van der Waals surface area contributed by atoms with Gasteiger partial charge < -0.3 is 14.6 Å². The molecule has 0 saturated carbocycles. The lowest BCUT2D eigenvalue weighted by atomic mass is 10.2. The topological polar surface area (TPSA) is 26.2 Å². The van der Waals surface area contributed by atoms with Gasteiger partial charge >= 0.3 is 0 Å². The molecule has 0 radical (unpaired) electrons. The molecule has 1 N–H and O–H groups in total. The lowest BCUT2D eigenvalue weighted by molar-refractivity contribution is 0.199. The Labute approximate surface area is 131 Å². The first-order valence-corrected chi connectivity index (χ1v) is 7.69. The summed E-state index contributed by atoms with van der Waals surface area (Å²) in [6.07, 6.45) is 0. The number of methoxy groups -OCH3 is 1. The van der Waals surface area contributed by atoms with Crippen LogP contribution in [-0.2, 0) is 17.8 Å². The molecule has 0 bridgehead atoms. The van der Waals surface area contributed by atoms with Gasteiger partial charge in [-0.05, 0) is 23.1 Å². The number of benzene rings is 2. The standard InChI is InChI=1S/C19H22N2O/c1-22-12-11-20-14-18-13-17-9-5-6-10-19(17)21(18)15-16-7-3-2-4-8-16/h2-10,13,20H,11-12,14-15H2,1H3. The molecule has 0 saturated heterocycles. The molecule has 0 aliphatic heterocycles. The van der Waals surface area contributed by atoms with Crippen molar-refractivity contribution in [2.24, 2.45) is 0 Å². The maximum atomic E-state index is 5.10. The Kier molecular flexibility index (Phi) is 4.88. The molecule has 114 valence electrons. The minimum Gasteiger partial charge on any atom is -0.383 e. The molecule has 0 aliphatic rings. The van der Waals surface area contributed by atoms with E-state index in [2.05, 4.69) is 70.5 Å². The largest absolute Gasteiger partial charge is 0.383 e. The van der Waals surface area contributed by atoms with Crippen LogP contribution in [0.5, 0.6) is 0 Å². The summed E-state index contributed by atoms with van der Waals surface area (Å²) in [4.78, 5) is 0. The molecule has 0 aliphatic carbocycles. The maximum Gasteiger partial charge on any atom is 0.0587 e. The Morgan fingerprint density at radius 2 is 1.77 bits per heavy atom. The fraction of sp³-hybridized carbons (Fsp3) is 0.263. The van der Waals surface area contributed by atoms with Gasteiger partial charge in [0.1, 0.15) is 0 Å². The Balaban J connectivity index is 1.87. The van der Waals surface area contributed by atoms with Gasteiger partial charge in [-0.25, -0.2) is 0 Å². The summed E-state index contributed by atoms with van der Waals surface area (Å²) in [5, 5.41) is 4.74. The van der Waals surface area contributed by atoms with Crippen LogP contribution in [0, 0.1) is 0 Å². The highest BCUT2D eigenvalue weighted by atomic mass is 16.5. The van der Waals surface area contributed by atoms with E-state index in [9.17, 15) is 0 Å². The first-order chi connectivity index (χ1) is 10.9. The third-order valence-corrected chi connectivity index (χ3v) is 3.87. The maximum absolute atomic E-state index is 5.10. The van der Waals surface area contributed by atoms with E-state index in [1.54, 1.807) is 7.11 Å². The molecule has 3 nitrogen and oxygen atoms in total. The number of aromatic nitrogens is 1. The summed E-state index contributed by atoms with van der Waals surface area (Å²) in [5.41, 5.74) is 3.91. The van der Waals surface area contributed by atoms with Gasteiger partial charge in [-0.15, -0.1) is 0 Å². The zero-order valence-corrected chi connectivity index (χ0v) is 13.0. The highest BCUT2D eigenvalue weighted by molar-refractivity contribution is 5.81. The smallest absolute Gasteiger partial charge is 0.0587 e. The summed E-state index contributed by atoms with van der Waals surface area (Å²) in [5.74, 6) is 0. The second-order valence-corrected chi connectivity index (χ2v) is 5.44. The summed E-state index contributed by atoms with van der Waals surface area (Å²) in [7, 11) is 1.73. The highest BCUT2D eigenvalue weighted by Crippen LogP contribution is 2.21. The van der Waals surface area contributed by atoms with Crippen molar-refractivity contribution in [3.05, 3.63) is 71.9 Å². The predicted molar refractivity (Wildman–Crippen MR) is 91.1 cm³/mol. The number of nitrogens with one attached hydrogen (secondary N) is 1. The van der Waals surface area contributed by atoms with E-state index in [1.165, 1.54) is 22.2 Å². The van der Waals surface area contributed by atoms with Crippen molar-refractivity contribution in [3.63, 3.8) is 0 Å². The summed E-state index contributed by atoms with van der Waals surface area (Å²) in [6.45, 7) is 3.35. The first-order valence-electron chi connectivity index (χ1n) is 7.69. The van der Waals surface area contributed by atoms with Crippen LogP contribution in [-0.4, -0.2) is 24.8 Å². The number of hydrogen-bond donors (Lipinski definition) is 1. The van der Waals surface area contributed by atoms with Crippen molar-refractivity contribution >= 4 is 10.9 Å². The molecule has 0 spiro atoms. The molecular formula is C19H22N2O. The van der Waals surface area contributed by atoms with E-state index >= 15 is 0 Å². The van der Waals surface area contributed by atoms with Crippen LogP contribution in [0.15, 0.2) is 60.7 Å². The number of nitrogens with zero attached hydrogens (tertiary/aromatic N) is 1. The normalized spacial score (nSPS) is 11.1. The molecule has 1 heterocycles. The number of ether oxygens (including phenoxy) is 1. The Bertz CT molecular complexity index is 719. The van der Waals surface area contributed by atoms with Gasteiger partial charge in [0.15, 0.2) is 0 Å². The van der Waals surface area contributed by atoms with Crippen molar-refractivity contribution in [3.8, 4) is 0 Å². The number of para-hydroxylation sites is 1. The van der Waals surface area contributed by atoms with E-state index in [0.29, 0.717) is 0 Å². The van der Waals surface area contributed by atoms with Gasteiger partial charge in [0.25, 0.3) is 0 Å². The van der Waals surface area contributed by atoms with E-state index < -0.39 is 0 Å². The van der Waals surface area contributed by atoms with Crippen LogP contribution in [0.2, 0.25) is 0 Å². The van der Waals surface area contributed by atoms with Gasteiger partial charge in [-0.3, -0.25) is 0 Å². The van der Waals surface area contributed by atoms with Gasteiger partial charge in [0, 0.05) is 38.0 Å². The van der Waals surface area contributed by atoms with Crippen LogP contribution in [0.3, 0.4) is 0 Å². The van der Waals surface area contributed by atoms with Crippen molar-refractivity contribution in [2.45, 2.75) is 13.1 Å². The monoisotopic (exact) mass is 294 g/mol. The minimum atomic E-state index is 0.735. The molecule has 0 unspecified atom stereocenters. The average Bonchev–Trinajstić information content (AvgIpc) is 2.91. The SMILES string of the molecule is COCCNCc1cc2ccccc2n1Cc1ccccc1. The first kappa shape index (κ1) is 14.8. The molecular weight excluding hydrogens is 272 g/mol.